The van der Waals surface area contributed by atoms with Crippen LogP contribution in [0.4, 0.5) is 11.4 Å². The lowest BCUT2D eigenvalue weighted by molar-refractivity contribution is 0.601. The van der Waals surface area contributed by atoms with E-state index in [9.17, 15) is 13.2 Å². The van der Waals surface area contributed by atoms with Crippen LogP contribution in [0.3, 0.4) is 0 Å². The molecule has 4 rings (SSSR count). The van der Waals surface area contributed by atoms with Crippen molar-refractivity contribution in [3.8, 4) is 5.69 Å². The minimum absolute atomic E-state index is 0.124. The molecule has 0 bridgehead atoms. The average Bonchev–Trinajstić information content (AvgIpc) is 3.07. The quantitative estimate of drug-likeness (QED) is 0.395. The van der Waals surface area contributed by atoms with E-state index in [0.29, 0.717) is 32.7 Å². The van der Waals surface area contributed by atoms with Crippen LogP contribution < -0.4 is 26.2 Å². The van der Waals surface area contributed by atoms with E-state index < -0.39 is 10.0 Å². The summed E-state index contributed by atoms with van der Waals surface area (Å²) in [6.45, 7) is 5.72. The molecular weight excluding hydrogens is 460 g/mol. The second-order valence-electron chi connectivity index (χ2n) is 7.36. The van der Waals surface area contributed by atoms with Crippen molar-refractivity contribution in [2.24, 2.45) is 0 Å². The van der Waals surface area contributed by atoms with E-state index in [-0.39, 0.29) is 10.5 Å². The SMILES string of the molecule is C=c1[nH]n(-c2cccc(Cl)c2)c(=O)c1=CNc1ccc(S(=O)(=O)Nc2ccccc2C)cc1. The van der Waals surface area contributed by atoms with Crippen molar-refractivity contribution >= 4 is 45.8 Å². The lowest BCUT2D eigenvalue weighted by atomic mass is 10.2. The standard InChI is InChI=1S/C24H21ClN4O3S/c1-16-6-3-4-9-23(16)28-33(31,32)21-12-10-19(11-13-21)26-15-22-17(2)27-29(24(22)30)20-8-5-7-18(25)14-20/h3-15,26-28H,2H2,1H3. The van der Waals surface area contributed by atoms with E-state index in [4.69, 9.17) is 11.6 Å². The largest absolute Gasteiger partial charge is 0.361 e. The minimum atomic E-state index is -3.73. The first kappa shape index (κ1) is 22.4. The highest BCUT2D eigenvalue weighted by molar-refractivity contribution is 7.92. The van der Waals surface area contributed by atoms with Gasteiger partial charge in [-0.2, -0.15) is 0 Å². The van der Waals surface area contributed by atoms with E-state index in [1.807, 2.05) is 19.1 Å². The molecule has 0 unspecified atom stereocenters. The fraction of sp³-hybridized carbons (Fsp3) is 0.0417. The highest BCUT2D eigenvalue weighted by Crippen LogP contribution is 2.20. The molecule has 168 valence electrons. The molecule has 1 aromatic heterocycles. The lowest BCUT2D eigenvalue weighted by Crippen LogP contribution is -2.34. The molecular formula is C24H21ClN4O3S. The van der Waals surface area contributed by atoms with Crippen LogP contribution in [0, 0.1) is 6.92 Å². The Morgan fingerprint density at radius 3 is 2.45 bits per heavy atom. The van der Waals surface area contributed by atoms with Gasteiger partial charge in [0, 0.05) is 16.9 Å². The van der Waals surface area contributed by atoms with Crippen molar-refractivity contribution in [2.45, 2.75) is 11.8 Å². The van der Waals surface area contributed by atoms with Gasteiger partial charge in [-0.25, -0.2) is 13.1 Å². The van der Waals surface area contributed by atoms with Gasteiger partial charge < -0.3 is 5.32 Å². The first-order chi connectivity index (χ1) is 15.7. The fourth-order valence-electron chi connectivity index (χ4n) is 3.22. The van der Waals surface area contributed by atoms with E-state index >= 15 is 0 Å². The summed E-state index contributed by atoms with van der Waals surface area (Å²) in [6, 6.07) is 20.3. The number of aromatic nitrogens is 2. The molecule has 3 aromatic carbocycles. The summed E-state index contributed by atoms with van der Waals surface area (Å²) in [4.78, 5) is 12.9. The van der Waals surface area contributed by atoms with Gasteiger partial charge in [0.05, 0.1) is 26.8 Å². The number of aryl methyl sites for hydroxylation is 1. The minimum Gasteiger partial charge on any atom is -0.361 e. The molecule has 3 N–H and O–H groups in total. The number of anilines is 2. The second kappa shape index (κ2) is 9.01. The summed E-state index contributed by atoms with van der Waals surface area (Å²) in [7, 11) is -3.73. The van der Waals surface area contributed by atoms with Crippen molar-refractivity contribution in [2.75, 3.05) is 10.0 Å². The molecule has 9 heteroatoms. The Balaban J connectivity index is 1.56. The van der Waals surface area contributed by atoms with Gasteiger partial charge in [0.15, 0.2) is 0 Å². The average molecular weight is 481 g/mol. The highest BCUT2D eigenvalue weighted by Gasteiger charge is 2.15. The van der Waals surface area contributed by atoms with Crippen LogP contribution in [0.2, 0.25) is 5.02 Å². The van der Waals surface area contributed by atoms with Crippen LogP contribution in [0.5, 0.6) is 0 Å². The summed E-state index contributed by atoms with van der Waals surface area (Å²) in [5.74, 6) is 0. The summed E-state index contributed by atoms with van der Waals surface area (Å²) in [5.41, 5.74) is 2.26. The number of rotatable bonds is 6. The number of aromatic amines is 1. The second-order valence-corrected chi connectivity index (χ2v) is 9.48. The van der Waals surface area contributed by atoms with Gasteiger partial charge in [-0.3, -0.25) is 14.6 Å². The van der Waals surface area contributed by atoms with Gasteiger partial charge in [0.1, 0.15) is 0 Å². The number of sulfonamides is 1. The molecule has 0 amide bonds. The van der Waals surface area contributed by atoms with Crippen molar-refractivity contribution in [1.82, 2.24) is 9.78 Å². The molecule has 0 saturated carbocycles. The normalized spacial score (nSPS) is 12.0. The molecule has 0 aliphatic heterocycles. The number of benzene rings is 3. The summed E-state index contributed by atoms with van der Waals surface area (Å²) >= 11 is 6.02. The van der Waals surface area contributed by atoms with Crippen LogP contribution in [-0.2, 0) is 10.0 Å². The smallest absolute Gasteiger partial charge is 0.280 e. The number of hydrogen-bond acceptors (Lipinski definition) is 4. The molecule has 0 spiro atoms. The van der Waals surface area contributed by atoms with Gasteiger partial charge in [-0.05, 0) is 61.0 Å². The molecule has 33 heavy (non-hydrogen) atoms. The summed E-state index contributed by atoms with van der Waals surface area (Å²) in [6.07, 6.45) is 1.53. The molecule has 7 nitrogen and oxygen atoms in total. The summed E-state index contributed by atoms with van der Waals surface area (Å²) < 4.78 is 29.3. The third-order valence-electron chi connectivity index (χ3n) is 5.01. The van der Waals surface area contributed by atoms with Gasteiger partial charge in [-0.15, -0.1) is 0 Å². The Labute approximate surface area is 195 Å². The van der Waals surface area contributed by atoms with Gasteiger partial charge in [0.2, 0.25) is 0 Å². The van der Waals surface area contributed by atoms with Crippen LogP contribution in [0.25, 0.3) is 18.5 Å². The zero-order valence-corrected chi connectivity index (χ0v) is 19.2. The number of halogens is 1. The van der Waals surface area contributed by atoms with E-state index in [1.165, 1.54) is 23.0 Å². The Morgan fingerprint density at radius 2 is 1.76 bits per heavy atom. The van der Waals surface area contributed by atoms with Crippen molar-refractivity contribution in [3.63, 3.8) is 0 Å². The maximum absolute atomic E-state index is 12.8. The molecule has 0 radical (unpaired) electrons. The van der Waals surface area contributed by atoms with Gasteiger partial charge in [0.25, 0.3) is 15.6 Å². The molecule has 0 aliphatic rings. The number of para-hydroxylation sites is 1. The maximum atomic E-state index is 12.8. The van der Waals surface area contributed by atoms with E-state index in [2.05, 4.69) is 21.7 Å². The topological polar surface area (TPSA) is 96.0 Å². The first-order valence-corrected chi connectivity index (χ1v) is 11.8. The molecule has 0 aliphatic carbocycles. The van der Waals surface area contributed by atoms with E-state index in [1.54, 1.807) is 48.5 Å². The molecule has 0 saturated heterocycles. The van der Waals surface area contributed by atoms with Crippen LogP contribution >= 0.6 is 11.6 Å². The monoisotopic (exact) mass is 480 g/mol. The van der Waals surface area contributed by atoms with Crippen molar-refractivity contribution in [3.05, 3.63) is 104 Å². The molecule has 0 atom stereocenters. The predicted molar refractivity (Wildman–Crippen MR) is 133 cm³/mol. The fourth-order valence-corrected chi connectivity index (χ4v) is 4.53. The maximum Gasteiger partial charge on any atom is 0.280 e. The lowest BCUT2D eigenvalue weighted by Gasteiger charge is -2.10. The molecule has 1 heterocycles. The van der Waals surface area contributed by atoms with Crippen LogP contribution in [0.15, 0.2) is 82.5 Å². The highest BCUT2D eigenvalue weighted by atomic mass is 35.5. The Hall–Kier alpha value is -3.75. The third kappa shape index (κ3) is 4.87. The van der Waals surface area contributed by atoms with Crippen molar-refractivity contribution in [1.29, 1.82) is 0 Å². The third-order valence-corrected chi connectivity index (χ3v) is 6.63. The number of nitrogens with one attached hydrogen (secondary N) is 3. The number of H-pyrrole nitrogens is 1. The molecule has 0 fully saturated rings. The van der Waals surface area contributed by atoms with Crippen molar-refractivity contribution < 1.29 is 8.42 Å². The Morgan fingerprint density at radius 1 is 1.03 bits per heavy atom. The Kier molecular flexibility index (Phi) is 6.13. The Bertz CT molecular complexity index is 1590. The van der Waals surface area contributed by atoms with Gasteiger partial charge >= 0.3 is 0 Å². The molecule has 4 aromatic rings. The number of hydrogen-bond donors (Lipinski definition) is 3. The van der Waals surface area contributed by atoms with Crippen LogP contribution in [0.1, 0.15) is 5.56 Å². The first-order valence-electron chi connectivity index (χ1n) is 9.96. The zero-order valence-electron chi connectivity index (χ0n) is 17.7. The zero-order chi connectivity index (χ0) is 23.6. The van der Waals surface area contributed by atoms with Crippen LogP contribution in [-0.4, -0.2) is 18.2 Å². The van der Waals surface area contributed by atoms with E-state index in [0.717, 1.165) is 5.56 Å². The number of nitrogens with zero attached hydrogens (tertiary/aromatic N) is 1. The van der Waals surface area contributed by atoms with Gasteiger partial charge in [-0.1, -0.05) is 42.4 Å². The summed E-state index contributed by atoms with van der Waals surface area (Å²) in [5, 5.41) is 7.22. The predicted octanol–water partition coefficient (Wildman–Crippen LogP) is 3.19.